The highest BCUT2D eigenvalue weighted by atomic mass is 19.1. The number of nitrogens with zero attached hydrogens (tertiary/aromatic N) is 7. The molecular weight excluding hydrogens is 465 g/mol. The highest BCUT2D eigenvalue weighted by Crippen LogP contribution is 2.24. The Kier molecular flexibility index (Phi) is 7.09. The summed E-state index contributed by atoms with van der Waals surface area (Å²) in [6.45, 7) is 11.5. The third kappa shape index (κ3) is 5.39. The number of anilines is 1. The molecule has 1 aromatic carbocycles. The Hall–Kier alpha value is -3.76. The minimum Gasteiger partial charge on any atom is -0.444 e. The van der Waals surface area contributed by atoms with Gasteiger partial charge in [-0.3, -0.25) is 0 Å². The molecule has 192 valence electrons. The zero-order chi connectivity index (χ0) is 26.0. The van der Waals surface area contributed by atoms with Crippen molar-refractivity contribution in [3.63, 3.8) is 0 Å². The maximum Gasteiger partial charge on any atom is 0.410 e. The average molecular weight is 498 g/mol. The van der Waals surface area contributed by atoms with E-state index in [1.807, 2.05) is 39.5 Å². The van der Waals surface area contributed by atoms with Crippen LogP contribution in [-0.2, 0) is 11.3 Å². The van der Waals surface area contributed by atoms with Gasteiger partial charge in [-0.2, -0.15) is 5.10 Å². The molecule has 10 nitrogen and oxygen atoms in total. The molecule has 1 atom stereocenters. The molecule has 11 heteroatoms. The van der Waals surface area contributed by atoms with Gasteiger partial charge in [0.15, 0.2) is 0 Å². The van der Waals surface area contributed by atoms with Crippen LogP contribution < -0.4 is 10.6 Å². The first-order chi connectivity index (χ1) is 17.1. The number of aromatic nitrogens is 5. The number of benzene rings is 1. The van der Waals surface area contributed by atoms with Gasteiger partial charge >= 0.3 is 11.8 Å². The zero-order valence-electron chi connectivity index (χ0n) is 21.3. The molecule has 0 saturated carbocycles. The molecule has 1 saturated heterocycles. The van der Waals surface area contributed by atoms with Crippen LogP contribution >= 0.6 is 0 Å². The molecule has 36 heavy (non-hydrogen) atoms. The number of hydrogen-bond acceptors (Lipinski definition) is 7. The van der Waals surface area contributed by atoms with E-state index in [0.29, 0.717) is 43.3 Å². The first-order valence-electron chi connectivity index (χ1n) is 12.1. The Balaban J connectivity index is 1.46. The smallest absolute Gasteiger partial charge is 0.410 e. The minimum absolute atomic E-state index is 0.000725. The first kappa shape index (κ1) is 25.3. The molecule has 2 aromatic heterocycles. The molecular formula is C25H32FN7O3. The fourth-order valence-electron chi connectivity index (χ4n) is 4.12. The Bertz CT molecular complexity index is 1280. The molecule has 3 aromatic rings. The Morgan fingerprint density at radius 1 is 1.17 bits per heavy atom. The summed E-state index contributed by atoms with van der Waals surface area (Å²) < 4.78 is 22.9. The first-order valence-corrected chi connectivity index (χ1v) is 12.1. The monoisotopic (exact) mass is 497 g/mol. The number of hydrogen-bond donors (Lipinski definition) is 0. The largest absolute Gasteiger partial charge is 0.444 e. The van der Waals surface area contributed by atoms with Gasteiger partial charge < -0.3 is 14.5 Å². The van der Waals surface area contributed by atoms with Crippen molar-refractivity contribution in [2.45, 2.75) is 59.2 Å². The lowest BCUT2D eigenvalue weighted by atomic mass is 10.1. The van der Waals surface area contributed by atoms with E-state index >= 15 is 0 Å². The number of amides is 1. The predicted molar refractivity (Wildman–Crippen MR) is 134 cm³/mol. The molecule has 0 aliphatic carbocycles. The maximum atomic E-state index is 14.9. The van der Waals surface area contributed by atoms with E-state index in [1.54, 1.807) is 29.4 Å². The van der Waals surface area contributed by atoms with Crippen LogP contribution in [0.5, 0.6) is 0 Å². The van der Waals surface area contributed by atoms with Crippen molar-refractivity contribution in [1.29, 1.82) is 0 Å². The van der Waals surface area contributed by atoms with Crippen molar-refractivity contribution in [2.75, 3.05) is 24.5 Å². The van der Waals surface area contributed by atoms with Gasteiger partial charge in [-0.05, 0) is 51.8 Å². The SMILES string of the molecule is CCCn1ncn(-c2ccc(-c3cnc(N4CCN(C(=O)OC(C)(C)C)C[C@@H]4C)nc3)cc2F)c1=O. The van der Waals surface area contributed by atoms with Crippen LogP contribution in [0.2, 0.25) is 0 Å². The molecule has 1 aliphatic heterocycles. The Morgan fingerprint density at radius 2 is 1.89 bits per heavy atom. The summed E-state index contributed by atoms with van der Waals surface area (Å²) in [4.78, 5) is 37.6. The summed E-state index contributed by atoms with van der Waals surface area (Å²) in [7, 11) is 0. The van der Waals surface area contributed by atoms with E-state index < -0.39 is 11.4 Å². The van der Waals surface area contributed by atoms with Crippen LogP contribution in [-0.4, -0.2) is 66.6 Å². The fraction of sp³-hybridized carbons (Fsp3) is 0.480. The van der Waals surface area contributed by atoms with E-state index in [1.165, 1.54) is 21.6 Å². The van der Waals surface area contributed by atoms with E-state index in [9.17, 15) is 14.0 Å². The second-order valence-electron chi connectivity index (χ2n) is 9.91. The van der Waals surface area contributed by atoms with Crippen LogP contribution in [0.25, 0.3) is 16.8 Å². The summed E-state index contributed by atoms with van der Waals surface area (Å²) in [5.41, 5.74) is 0.469. The lowest BCUT2D eigenvalue weighted by Crippen LogP contribution is -2.55. The van der Waals surface area contributed by atoms with Gasteiger partial charge in [-0.1, -0.05) is 13.0 Å². The molecule has 0 spiro atoms. The minimum atomic E-state index is -0.541. The van der Waals surface area contributed by atoms with Gasteiger partial charge in [0, 0.05) is 50.2 Å². The molecule has 0 N–H and O–H groups in total. The molecule has 3 heterocycles. The van der Waals surface area contributed by atoms with E-state index in [2.05, 4.69) is 15.1 Å². The van der Waals surface area contributed by atoms with Gasteiger partial charge in [0.25, 0.3) is 0 Å². The molecule has 0 radical (unpaired) electrons. The van der Waals surface area contributed by atoms with E-state index in [0.717, 1.165) is 6.42 Å². The average Bonchev–Trinajstić information content (AvgIpc) is 3.18. The van der Waals surface area contributed by atoms with Crippen LogP contribution in [0.3, 0.4) is 0 Å². The number of ether oxygens (including phenoxy) is 1. The Labute approximate surface area is 209 Å². The summed E-state index contributed by atoms with van der Waals surface area (Å²) in [6, 6.07) is 4.64. The standard InChI is InChI=1S/C25H32FN7O3/c1-6-9-33-23(34)32(16-29-33)21-8-7-18(12-20(21)26)19-13-27-22(28-14-19)31-11-10-30(15-17(31)2)24(35)36-25(3,4)5/h7-8,12-14,16-17H,6,9-11,15H2,1-5H3/t17-/m0/s1. The molecule has 4 rings (SSSR count). The summed E-state index contributed by atoms with van der Waals surface area (Å²) in [5.74, 6) is 0.00341. The number of halogens is 1. The second kappa shape index (κ2) is 10.1. The van der Waals surface area contributed by atoms with Crippen molar-refractivity contribution in [1.82, 2.24) is 29.2 Å². The highest BCUT2D eigenvalue weighted by Gasteiger charge is 2.31. The topological polar surface area (TPSA) is 98.4 Å². The molecule has 1 aliphatic rings. The predicted octanol–water partition coefficient (Wildman–Crippen LogP) is 3.49. The van der Waals surface area contributed by atoms with Crippen molar-refractivity contribution in [3.05, 3.63) is 53.2 Å². The second-order valence-corrected chi connectivity index (χ2v) is 9.91. The van der Waals surface area contributed by atoms with Crippen molar-refractivity contribution < 1.29 is 13.9 Å². The van der Waals surface area contributed by atoms with Gasteiger partial charge in [0.05, 0.1) is 5.69 Å². The quantitative estimate of drug-likeness (QED) is 0.532. The summed E-state index contributed by atoms with van der Waals surface area (Å²) in [5, 5.41) is 4.04. The number of carbonyl (C=O) groups excluding carboxylic acids is 1. The number of carbonyl (C=O) groups is 1. The van der Waals surface area contributed by atoms with Gasteiger partial charge in [-0.15, -0.1) is 0 Å². The highest BCUT2D eigenvalue weighted by molar-refractivity contribution is 5.69. The lowest BCUT2D eigenvalue weighted by molar-refractivity contribution is 0.0218. The van der Waals surface area contributed by atoms with E-state index in [-0.39, 0.29) is 23.5 Å². The molecule has 0 bridgehead atoms. The third-order valence-electron chi connectivity index (χ3n) is 5.88. The van der Waals surface area contributed by atoms with Crippen LogP contribution in [0.4, 0.5) is 15.1 Å². The fourth-order valence-corrected chi connectivity index (χ4v) is 4.12. The Morgan fingerprint density at radius 3 is 2.50 bits per heavy atom. The van der Waals surface area contributed by atoms with Gasteiger partial charge in [-0.25, -0.2) is 33.2 Å². The lowest BCUT2D eigenvalue weighted by Gasteiger charge is -2.40. The van der Waals surface area contributed by atoms with Crippen LogP contribution in [0.1, 0.15) is 41.0 Å². The molecule has 1 fully saturated rings. The number of piperazine rings is 1. The summed E-state index contributed by atoms with van der Waals surface area (Å²) >= 11 is 0. The molecule has 0 unspecified atom stereocenters. The van der Waals surface area contributed by atoms with Crippen LogP contribution in [0, 0.1) is 5.82 Å². The number of aryl methyl sites for hydroxylation is 1. The zero-order valence-corrected chi connectivity index (χ0v) is 21.3. The maximum absolute atomic E-state index is 14.9. The van der Waals surface area contributed by atoms with E-state index in [4.69, 9.17) is 4.74 Å². The van der Waals surface area contributed by atoms with Gasteiger partial charge in [0.1, 0.15) is 17.7 Å². The molecule has 1 amide bonds. The summed E-state index contributed by atoms with van der Waals surface area (Å²) in [6.07, 6.45) is 5.06. The van der Waals surface area contributed by atoms with Crippen LogP contribution in [0.15, 0.2) is 41.7 Å². The van der Waals surface area contributed by atoms with Crippen molar-refractivity contribution in [3.8, 4) is 16.8 Å². The van der Waals surface area contributed by atoms with Crippen molar-refractivity contribution >= 4 is 12.0 Å². The third-order valence-corrected chi connectivity index (χ3v) is 5.88. The normalized spacial score (nSPS) is 16.3. The number of rotatable bonds is 5. The van der Waals surface area contributed by atoms with Crippen molar-refractivity contribution in [2.24, 2.45) is 0 Å². The van der Waals surface area contributed by atoms with Gasteiger partial charge in [0.2, 0.25) is 5.95 Å².